The van der Waals surface area contributed by atoms with Gasteiger partial charge in [0.2, 0.25) is 0 Å². The average Bonchev–Trinajstić information content (AvgIpc) is 2.31. The van der Waals surface area contributed by atoms with Crippen LogP contribution >= 0.6 is 0 Å². The molecule has 0 aliphatic carbocycles. The lowest BCUT2D eigenvalue weighted by atomic mass is 10.1. The molecule has 0 bridgehead atoms. The Morgan fingerprint density at radius 2 is 2.29 bits per heavy atom. The third kappa shape index (κ3) is 3.49. The topological polar surface area (TPSA) is 73.1 Å². The summed E-state index contributed by atoms with van der Waals surface area (Å²) in [5.74, 6) is -0.125. The van der Waals surface area contributed by atoms with Crippen molar-refractivity contribution < 1.29 is 9.90 Å². The Labute approximate surface area is 101 Å². The number of phenolic OH excluding ortho intramolecular Hbond substituents is 1. The molecule has 90 valence electrons. The van der Waals surface area contributed by atoms with Gasteiger partial charge >= 0.3 is 0 Å². The summed E-state index contributed by atoms with van der Waals surface area (Å²) in [5.41, 5.74) is 1.10. The summed E-state index contributed by atoms with van der Waals surface area (Å²) in [6.45, 7) is 3.68. The van der Waals surface area contributed by atoms with Gasteiger partial charge in [0.1, 0.15) is 11.8 Å². The molecule has 1 aromatic carbocycles. The molecule has 1 rings (SSSR count). The Morgan fingerprint density at radius 3 is 2.82 bits per heavy atom. The fraction of sp³-hybridized carbons (Fsp3) is 0.385. The second-order valence-corrected chi connectivity index (χ2v) is 3.95. The molecule has 1 aromatic rings. The molecular weight excluding hydrogens is 216 g/mol. The van der Waals surface area contributed by atoms with Crippen molar-refractivity contribution in [3.05, 3.63) is 29.3 Å². The largest absolute Gasteiger partial charge is 0.508 e. The number of hydrogen-bond donors (Lipinski definition) is 2. The van der Waals surface area contributed by atoms with Crippen LogP contribution in [0.3, 0.4) is 0 Å². The molecule has 4 heteroatoms. The minimum absolute atomic E-state index is 0.159. The Bertz CT molecular complexity index is 449. The fourth-order valence-corrected chi connectivity index (χ4v) is 1.50. The van der Waals surface area contributed by atoms with Crippen molar-refractivity contribution in [1.29, 1.82) is 5.26 Å². The van der Waals surface area contributed by atoms with Crippen LogP contribution in [0.1, 0.15) is 35.7 Å². The van der Waals surface area contributed by atoms with E-state index >= 15 is 0 Å². The van der Waals surface area contributed by atoms with E-state index in [1.165, 1.54) is 12.1 Å². The van der Waals surface area contributed by atoms with Gasteiger partial charge in [-0.15, -0.1) is 0 Å². The molecule has 1 atom stereocenters. The Balaban J connectivity index is 2.76. The highest BCUT2D eigenvalue weighted by molar-refractivity contribution is 5.94. The number of hydrogen-bond acceptors (Lipinski definition) is 3. The number of nitrogens with zero attached hydrogens (tertiary/aromatic N) is 1. The molecule has 1 amide bonds. The molecule has 0 spiro atoms. The first-order valence-electron chi connectivity index (χ1n) is 5.58. The molecule has 0 radical (unpaired) electrons. The van der Waals surface area contributed by atoms with Gasteiger partial charge in [0, 0.05) is 5.56 Å². The predicted molar refractivity (Wildman–Crippen MR) is 64.6 cm³/mol. The van der Waals surface area contributed by atoms with E-state index in [1.807, 2.05) is 13.0 Å². The van der Waals surface area contributed by atoms with Crippen molar-refractivity contribution in [2.75, 3.05) is 0 Å². The van der Waals surface area contributed by atoms with Gasteiger partial charge in [-0.25, -0.2) is 0 Å². The van der Waals surface area contributed by atoms with E-state index in [2.05, 4.69) is 5.32 Å². The number of aromatic hydroxyl groups is 1. The van der Waals surface area contributed by atoms with Crippen molar-refractivity contribution in [2.24, 2.45) is 0 Å². The summed E-state index contributed by atoms with van der Waals surface area (Å²) in [4.78, 5) is 11.8. The minimum atomic E-state index is -0.457. The van der Waals surface area contributed by atoms with E-state index in [-0.39, 0.29) is 11.7 Å². The zero-order chi connectivity index (χ0) is 12.8. The van der Waals surface area contributed by atoms with Crippen LogP contribution in [-0.2, 0) is 0 Å². The molecule has 0 aromatic heterocycles. The smallest absolute Gasteiger partial charge is 0.252 e. The van der Waals surface area contributed by atoms with Crippen LogP contribution in [-0.4, -0.2) is 17.1 Å². The van der Waals surface area contributed by atoms with Crippen molar-refractivity contribution in [3.8, 4) is 11.8 Å². The van der Waals surface area contributed by atoms with Crippen molar-refractivity contribution >= 4 is 5.91 Å². The maximum atomic E-state index is 11.8. The summed E-state index contributed by atoms with van der Waals surface area (Å²) in [7, 11) is 0. The maximum Gasteiger partial charge on any atom is 0.252 e. The van der Waals surface area contributed by atoms with Crippen LogP contribution < -0.4 is 5.32 Å². The number of aryl methyl sites for hydroxylation is 1. The van der Waals surface area contributed by atoms with Gasteiger partial charge in [0.15, 0.2) is 0 Å². The van der Waals surface area contributed by atoms with E-state index in [4.69, 9.17) is 5.26 Å². The van der Waals surface area contributed by atoms with Gasteiger partial charge in [-0.05, 0) is 37.1 Å². The van der Waals surface area contributed by atoms with E-state index in [0.717, 1.165) is 6.42 Å². The molecule has 2 N–H and O–H groups in total. The molecule has 4 nitrogen and oxygen atoms in total. The number of benzene rings is 1. The third-order valence-corrected chi connectivity index (χ3v) is 2.50. The normalized spacial score (nSPS) is 11.6. The van der Waals surface area contributed by atoms with Gasteiger partial charge in [-0.1, -0.05) is 13.3 Å². The lowest BCUT2D eigenvalue weighted by Gasteiger charge is -2.11. The lowest BCUT2D eigenvalue weighted by Crippen LogP contribution is -2.33. The highest BCUT2D eigenvalue weighted by Crippen LogP contribution is 2.16. The number of rotatable bonds is 4. The first kappa shape index (κ1) is 13.0. The molecule has 0 saturated heterocycles. The van der Waals surface area contributed by atoms with E-state index < -0.39 is 6.04 Å². The monoisotopic (exact) mass is 232 g/mol. The van der Waals surface area contributed by atoms with Gasteiger partial charge in [0.25, 0.3) is 5.91 Å². The first-order valence-corrected chi connectivity index (χ1v) is 5.58. The molecule has 0 aliphatic rings. The Morgan fingerprint density at radius 1 is 1.59 bits per heavy atom. The molecular formula is C13H16N2O2. The standard InChI is InChI=1S/C13H16N2O2/c1-3-4-11(8-14)15-13(17)10-5-6-12(16)9(2)7-10/h5-7,11,16H,3-4H2,1-2H3,(H,15,17). The molecule has 1 unspecified atom stereocenters. The fourth-order valence-electron chi connectivity index (χ4n) is 1.50. The molecule has 0 fully saturated rings. The maximum absolute atomic E-state index is 11.8. The molecule has 0 aliphatic heterocycles. The number of carbonyl (C=O) groups excluding carboxylic acids is 1. The highest BCUT2D eigenvalue weighted by atomic mass is 16.3. The highest BCUT2D eigenvalue weighted by Gasteiger charge is 2.12. The lowest BCUT2D eigenvalue weighted by molar-refractivity contribution is 0.0944. The quantitative estimate of drug-likeness (QED) is 0.835. The van der Waals surface area contributed by atoms with Crippen LogP contribution in [0.5, 0.6) is 5.75 Å². The zero-order valence-electron chi connectivity index (χ0n) is 10.0. The average molecular weight is 232 g/mol. The van der Waals surface area contributed by atoms with E-state index in [9.17, 15) is 9.90 Å². The third-order valence-electron chi connectivity index (χ3n) is 2.50. The van der Waals surface area contributed by atoms with Gasteiger partial charge in [0.05, 0.1) is 6.07 Å². The zero-order valence-corrected chi connectivity index (χ0v) is 10.0. The van der Waals surface area contributed by atoms with Crippen molar-refractivity contribution in [2.45, 2.75) is 32.7 Å². The van der Waals surface area contributed by atoms with Crippen LogP contribution in [0.15, 0.2) is 18.2 Å². The molecule has 17 heavy (non-hydrogen) atoms. The number of phenols is 1. The van der Waals surface area contributed by atoms with Crippen LogP contribution in [0, 0.1) is 18.3 Å². The second kappa shape index (κ2) is 5.90. The van der Waals surface area contributed by atoms with Crippen LogP contribution in [0.2, 0.25) is 0 Å². The van der Waals surface area contributed by atoms with E-state index in [0.29, 0.717) is 17.5 Å². The number of nitriles is 1. The number of nitrogens with one attached hydrogen (secondary N) is 1. The Kier molecular flexibility index (Phi) is 4.53. The van der Waals surface area contributed by atoms with Gasteiger partial charge in [-0.3, -0.25) is 4.79 Å². The van der Waals surface area contributed by atoms with Gasteiger partial charge < -0.3 is 10.4 Å². The minimum Gasteiger partial charge on any atom is -0.508 e. The summed E-state index contributed by atoms with van der Waals surface area (Å²) >= 11 is 0. The van der Waals surface area contributed by atoms with E-state index in [1.54, 1.807) is 13.0 Å². The van der Waals surface area contributed by atoms with Crippen molar-refractivity contribution in [1.82, 2.24) is 5.32 Å². The first-order chi connectivity index (χ1) is 8.08. The summed E-state index contributed by atoms with van der Waals surface area (Å²) in [5, 5.41) is 20.8. The number of amides is 1. The second-order valence-electron chi connectivity index (χ2n) is 3.95. The Hall–Kier alpha value is -2.02. The van der Waals surface area contributed by atoms with Crippen LogP contribution in [0.25, 0.3) is 0 Å². The predicted octanol–water partition coefficient (Wildman–Crippen LogP) is 2.12. The van der Waals surface area contributed by atoms with Gasteiger partial charge in [-0.2, -0.15) is 5.26 Å². The molecule has 0 saturated carbocycles. The number of carbonyl (C=O) groups is 1. The summed E-state index contributed by atoms with van der Waals surface area (Å²) in [6, 6.07) is 6.21. The molecule has 0 heterocycles. The summed E-state index contributed by atoms with van der Waals surface area (Å²) in [6.07, 6.45) is 1.48. The SMILES string of the molecule is CCCC(C#N)NC(=O)c1ccc(O)c(C)c1. The van der Waals surface area contributed by atoms with Crippen molar-refractivity contribution in [3.63, 3.8) is 0 Å². The van der Waals surface area contributed by atoms with Crippen LogP contribution in [0.4, 0.5) is 0 Å². The summed E-state index contributed by atoms with van der Waals surface area (Å²) < 4.78 is 0.